The SMILES string of the molecule is CCOc1ccc(C(C(=O)NC2CCCCC2)N(C(=O)c2snc(C(N)=O)c2N)C2CCCC2)cc1. The molecule has 5 N–H and O–H groups in total. The van der Waals surface area contributed by atoms with Crippen molar-refractivity contribution in [1.29, 1.82) is 0 Å². The summed E-state index contributed by atoms with van der Waals surface area (Å²) in [4.78, 5) is 41.5. The Kier molecular flexibility index (Phi) is 8.45. The molecule has 2 aromatic rings. The third-order valence-electron chi connectivity index (χ3n) is 7.09. The van der Waals surface area contributed by atoms with Crippen molar-refractivity contribution in [3.63, 3.8) is 0 Å². The molecule has 1 atom stereocenters. The van der Waals surface area contributed by atoms with Crippen LogP contribution in [0.4, 0.5) is 5.69 Å². The van der Waals surface area contributed by atoms with Gasteiger partial charge in [-0.05, 0) is 61.8 Å². The summed E-state index contributed by atoms with van der Waals surface area (Å²) in [5, 5.41) is 3.22. The molecule has 2 aliphatic carbocycles. The van der Waals surface area contributed by atoms with Crippen LogP contribution in [0.15, 0.2) is 24.3 Å². The summed E-state index contributed by atoms with van der Waals surface area (Å²) in [7, 11) is 0. The molecule has 0 aliphatic heterocycles. The first-order valence-electron chi connectivity index (χ1n) is 12.8. The highest BCUT2D eigenvalue weighted by Gasteiger charge is 2.40. The predicted molar refractivity (Wildman–Crippen MR) is 139 cm³/mol. The summed E-state index contributed by atoms with van der Waals surface area (Å²) in [6, 6.07) is 6.44. The van der Waals surface area contributed by atoms with Crippen LogP contribution in [0.3, 0.4) is 0 Å². The second-order valence-corrected chi connectivity index (χ2v) is 10.3. The van der Waals surface area contributed by atoms with Gasteiger partial charge in [-0.2, -0.15) is 4.37 Å². The van der Waals surface area contributed by atoms with Crippen molar-refractivity contribution in [3.8, 4) is 5.75 Å². The maximum absolute atomic E-state index is 14.0. The van der Waals surface area contributed by atoms with Crippen LogP contribution >= 0.6 is 11.5 Å². The minimum absolute atomic E-state index is 0.0290. The van der Waals surface area contributed by atoms with Crippen LogP contribution in [0.25, 0.3) is 0 Å². The molecule has 3 amide bonds. The number of nitrogen functional groups attached to an aromatic ring is 1. The molecule has 1 heterocycles. The molecule has 1 aromatic carbocycles. The fraction of sp³-hybridized carbons (Fsp3) is 0.538. The highest BCUT2D eigenvalue weighted by Crippen LogP contribution is 2.36. The monoisotopic (exact) mass is 513 g/mol. The van der Waals surface area contributed by atoms with Gasteiger partial charge in [0.2, 0.25) is 5.91 Å². The van der Waals surface area contributed by atoms with Crippen LogP contribution in [0.2, 0.25) is 0 Å². The Morgan fingerprint density at radius 2 is 1.72 bits per heavy atom. The molecule has 194 valence electrons. The van der Waals surface area contributed by atoms with E-state index in [0.29, 0.717) is 17.9 Å². The summed E-state index contributed by atoms with van der Waals surface area (Å²) in [6.45, 7) is 2.44. The smallest absolute Gasteiger partial charge is 0.270 e. The number of ether oxygens (including phenoxy) is 1. The third kappa shape index (κ3) is 5.64. The minimum Gasteiger partial charge on any atom is -0.494 e. The lowest BCUT2D eigenvalue weighted by Gasteiger charge is -2.37. The number of hydrogen-bond donors (Lipinski definition) is 3. The number of primary amides is 1. The van der Waals surface area contributed by atoms with Gasteiger partial charge in [0, 0.05) is 12.1 Å². The number of nitrogens with one attached hydrogen (secondary N) is 1. The fourth-order valence-electron chi connectivity index (χ4n) is 5.30. The van der Waals surface area contributed by atoms with Gasteiger partial charge in [0.25, 0.3) is 11.8 Å². The highest BCUT2D eigenvalue weighted by molar-refractivity contribution is 7.09. The third-order valence-corrected chi connectivity index (χ3v) is 7.94. The average molecular weight is 514 g/mol. The minimum atomic E-state index is -0.850. The Morgan fingerprint density at radius 1 is 1.08 bits per heavy atom. The van der Waals surface area contributed by atoms with Crippen molar-refractivity contribution in [2.45, 2.75) is 82.8 Å². The molecule has 0 radical (unpaired) electrons. The van der Waals surface area contributed by atoms with Gasteiger partial charge in [-0.3, -0.25) is 14.4 Å². The fourth-order valence-corrected chi connectivity index (χ4v) is 6.05. The Labute approximate surface area is 215 Å². The molecule has 0 bridgehead atoms. The first-order valence-corrected chi connectivity index (χ1v) is 13.6. The van der Waals surface area contributed by atoms with Crippen molar-refractivity contribution in [2.75, 3.05) is 12.3 Å². The van der Waals surface area contributed by atoms with E-state index in [4.69, 9.17) is 16.2 Å². The van der Waals surface area contributed by atoms with Gasteiger partial charge >= 0.3 is 0 Å². The lowest BCUT2D eigenvalue weighted by Crippen LogP contribution is -2.50. The molecule has 2 aliphatic rings. The summed E-state index contributed by atoms with van der Waals surface area (Å²) >= 11 is 0.850. The Bertz CT molecular complexity index is 1070. The molecule has 10 heteroatoms. The van der Waals surface area contributed by atoms with Crippen LogP contribution in [-0.2, 0) is 4.79 Å². The van der Waals surface area contributed by atoms with Crippen molar-refractivity contribution in [1.82, 2.24) is 14.6 Å². The van der Waals surface area contributed by atoms with E-state index < -0.39 is 17.9 Å². The molecule has 4 rings (SSSR count). The number of anilines is 1. The predicted octanol–water partition coefficient (Wildman–Crippen LogP) is 3.80. The summed E-state index contributed by atoms with van der Waals surface area (Å²) < 4.78 is 9.62. The van der Waals surface area contributed by atoms with E-state index in [-0.39, 0.29) is 34.2 Å². The first kappa shape index (κ1) is 25.9. The number of carbonyl (C=O) groups is 3. The topological polar surface area (TPSA) is 141 Å². The van der Waals surface area contributed by atoms with Gasteiger partial charge in [-0.1, -0.05) is 44.2 Å². The van der Waals surface area contributed by atoms with E-state index in [2.05, 4.69) is 9.69 Å². The standard InChI is InChI=1S/C26H35N5O4S/c1-2-35-19-14-12-16(13-15-19)22(25(33)29-17-8-4-3-5-9-17)31(18-10-6-7-11-18)26(34)23-20(27)21(24(28)32)30-36-23/h12-15,17-18,22H,2-11,27H2,1H3,(H2,28,32)(H,29,33). The second kappa shape index (κ2) is 11.7. The van der Waals surface area contributed by atoms with Crippen molar-refractivity contribution in [3.05, 3.63) is 40.4 Å². The Hall–Kier alpha value is -3.14. The molecule has 1 unspecified atom stereocenters. The van der Waals surface area contributed by atoms with E-state index in [9.17, 15) is 14.4 Å². The van der Waals surface area contributed by atoms with Crippen LogP contribution in [0, 0.1) is 0 Å². The first-order chi connectivity index (χ1) is 17.4. The maximum atomic E-state index is 14.0. The van der Waals surface area contributed by atoms with Gasteiger partial charge < -0.3 is 26.4 Å². The zero-order chi connectivity index (χ0) is 25.7. The van der Waals surface area contributed by atoms with Crippen molar-refractivity contribution < 1.29 is 19.1 Å². The van der Waals surface area contributed by atoms with E-state index in [1.54, 1.807) is 4.90 Å². The van der Waals surface area contributed by atoms with Gasteiger partial charge in [-0.15, -0.1) is 0 Å². The number of benzene rings is 1. The van der Waals surface area contributed by atoms with E-state index in [1.165, 1.54) is 6.42 Å². The normalized spacial score (nSPS) is 17.5. The lowest BCUT2D eigenvalue weighted by atomic mass is 9.94. The molecule has 1 aromatic heterocycles. The number of amides is 3. The maximum Gasteiger partial charge on any atom is 0.270 e. The zero-order valence-electron chi connectivity index (χ0n) is 20.7. The molecule has 36 heavy (non-hydrogen) atoms. The van der Waals surface area contributed by atoms with E-state index in [1.807, 2.05) is 31.2 Å². The van der Waals surface area contributed by atoms with Gasteiger partial charge in [0.1, 0.15) is 16.7 Å². The number of aromatic nitrogens is 1. The largest absolute Gasteiger partial charge is 0.494 e. The van der Waals surface area contributed by atoms with E-state index in [0.717, 1.165) is 62.9 Å². The van der Waals surface area contributed by atoms with Crippen LogP contribution < -0.4 is 21.5 Å². The molecular formula is C26H35N5O4S. The van der Waals surface area contributed by atoms with Crippen LogP contribution in [0.5, 0.6) is 5.75 Å². The molecule has 0 saturated heterocycles. The number of hydrogen-bond acceptors (Lipinski definition) is 7. The summed E-state index contributed by atoms with van der Waals surface area (Å²) in [5.74, 6) is -0.691. The van der Waals surface area contributed by atoms with Gasteiger partial charge in [0.05, 0.1) is 12.3 Å². The number of rotatable bonds is 9. The number of carbonyl (C=O) groups excluding carboxylic acids is 3. The lowest BCUT2D eigenvalue weighted by molar-refractivity contribution is -0.127. The van der Waals surface area contributed by atoms with Crippen LogP contribution in [-0.4, -0.2) is 45.7 Å². The van der Waals surface area contributed by atoms with Crippen LogP contribution in [0.1, 0.15) is 96.5 Å². The Morgan fingerprint density at radius 3 is 2.31 bits per heavy atom. The Balaban J connectivity index is 1.74. The molecule has 2 fully saturated rings. The van der Waals surface area contributed by atoms with Crippen molar-refractivity contribution >= 4 is 34.9 Å². The molecule has 0 spiro atoms. The zero-order valence-corrected chi connectivity index (χ0v) is 21.5. The van der Waals surface area contributed by atoms with E-state index >= 15 is 0 Å². The molecule has 2 saturated carbocycles. The molecule has 9 nitrogen and oxygen atoms in total. The average Bonchev–Trinajstić information content (AvgIpc) is 3.53. The second-order valence-electron chi connectivity index (χ2n) is 9.54. The van der Waals surface area contributed by atoms with Gasteiger partial charge in [-0.25, -0.2) is 0 Å². The number of nitrogens with two attached hydrogens (primary N) is 2. The quantitative estimate of drug-likeness (QED) is 0.466. The summed E-state index contributed by atoms with van der Waals surface area (Å²) in [5.41, 5.74) is 12.1. The number of nitrogens with zero attached hydrogens (tertiary/aromatic N) is 2. The highest BCUT2D eigenvalue weighted by atomic mass is 32.1. The van der Waals surface area contributed by atoms with Gasteiger partial charge in [0.15, 0.2) is 5.69 Å². The van der Waals surface area contributed by atoms with Crippen molar-refractivity contribution in [2.24, 2.45) is 5.73 Å². The summed E-state index contributed by atoms with van der Waals surface area (Å²) in [6.07, 6.45) is 8.72. The molecular weight excluding hydrogens is 478 g/mol.